The molecule has 2 heterocycles. The molecule has 0 saturated carbocycles. The van der Waals surface area contributed by atoms with E-state index in [0.717, 1.165) is 11.8 Å². The Balaban J connectivity index is 1.48. The Bertz CT molecular complexity index is 1020. The minimum Gasteiger partial charge on any atom is -0.351 e. The molecule has 1 aromatic heterocycles. The van der Waals surface area contributed by atoms with Crippen LogP contribution in [-0.2, 0) is 17.9 Å². The molecule has 0 bridgehead atoms. The molecule has 0 spiro atoms. The minimum atomic E-state index is -0.678. The van der Waals surface area contributed by atoms with Crippen LogP contribution in [0, 0.1) is 11.6 Å². The van der Waals surface area contributed by atoms with E-state index >= 15 is 0 Å². The Morgan fingerprint density at radius 2 is 1.71 bits per heavy atom. The highest BCUT2D eigenvalue weighted by Gasteiger charge is 2.31. The number of ketones is 1. The lowest BCUT2D eigenvalue weighted by atomic mass is 10.0. The van der Waals surface area contributed by atoms with Crippen molar-refractivity contribution in [3.05, 3.63) is 94.8 Å². The summed E-state index contributed by atoms with van der Waals surface area (Å²) in [5.41, 5.74) is 2.30. The van der Waals surface area contributed by atoms with Crippen LogP contribution in [0.2, 0.25) is 0 Å². The Hall–Kier alpha value is -3.28. The first kappa shape index (κ1) is 18.1. The van der Waals surface area contributed by atoms with Gasteiger partial charge in [0.15, 0.2) is 0 Å². The van der Waals surface area contributed by atoms with Gasteiger partial charge in [-0.25, -0.2) is 8.78 Å². The van der Waals surface area contributed by atoms with Gasteiger partial charge in [0.05, 0.1) is 11.6 Å². The van der Waals surface area contributed by atoms with Gasteiger partial charge in [0.2, 0.25) is 11.7 Å². The molecule has 0 radical (unpaired) electrons. The van der Waals surface area contributed by atoms with Crippen molar-refractivity contribution in [3.63, 3.8) is 0 Å². The van der Waals surface area contributed by atoms with Crippen LogP contribution < -0.4 is 5.32 Å². The van der Waals surface area contributed by atoms with Crippen molar-refractivity contribution in [2.75, 3.05) is 0 Å². The fourth-order valence-corrected chi connectivity index (χ4v) is 3.67. The number of hydrogen-bond donors (Lipinski definition) is 1. The third kappa shape index (κ3) is 3.45. The lowest BCUT2D eigenvalue weighted by Gasteiger charge is -2.11. The third-order valence-corrected chi connectivity index (χ3v) is 4.99. The van der Waals surface area contributed by atoms with Crippen LogP contribution in [0.5, 0.6) is 0 Å². The standard InChI is InChI=1S/C22H18F2N2O2/c23-16-10-14(11-17(24)12-16)13-25-22(28)18-8-9-26-19(18)6-7-20(26)21(27)15-4-2-1-3-5-15/h1-7,10-12,18H,8-9,13H2,(H,25,28)/t18-/m0/s1. The molecule has 4 nitrogen and oxygen atoms in total. The van der Waals surface area contributed by atoms with Gasteiger partial charge in [0.25, 0.3) is 0 Å². The quantitative estimate of drug-likeness (QED) is 0.685. The van der Waals surface area contributed by atoms with E-state index in [1.165, 1.54) is 12.1 Å². The topological polar surface area (TPSA) is 51.1 Å². The number of benzene rings is 2. The summed E-state index contributed by atoms with van der Waals surface area (Å²) in [6.07, 6.45) is 0.578. The first-order valence-corrected chi connectivity index (χ1v) is 9.05. The number of aromatic nitrogens is 1. The van der Waals surface area contributed by atoms with Crippen LogP contribution >= 0.6 is 0 Å². The second kappa shape index (κ2) is 7.38. The highest BCUT2D eigenvalue weighted by atomic mass is 19.1. The highest BCUT2D eigenvalue weighted by molar-refractivity contribution is 6.08. The van der Waals surface area contributed by atoms with Crippen molar-refractivity contribution >= 4 is 11.7 Å². The molecule has 0 saturated heterocycles. The normalized spacial score (nSPS) is 15.3. The van der Waals surface area contributed by atoms with Crippen molar-refractivity contribution in [2.24, 2.45) is 0 Å². The number of amides is 1. The summed E-state index contributed by atoms with van der Waals surface area (Å²) in [4.78, 5) is 25.3. The molecule has 6 heteroatoms. The maximum atomic E-state index is 13.3. The molecule has 2 aromatic carbocycles. The molecule has 0 unspecified atom stereocenters. The minimum absolute atomic E-state index is 0.0422. The second-order valence-corrected chi connectivity index (χ2v) is 6.83. The molecule has 1 N–H and O–H groups in total. The van der Waals surface area contributed by atoms with Crippen molar-refractivity contribution in [1.82, 2.24) is 9.88 Å². The number of fused-ring (bicyclic) bond motifs is 1. The van der Waals surface area contributed by atoms with Crippen molar-refractivity contribution in [2.45, 2.75) is 25.4 Å². The molecular weight excluding hydrogens is 362 g/mol. The number of nitrogens with zero attached hydrogens (tertiary/aromatic N) is 1. The smallest absolute Gasteiger partial charge is 0.229 e. The van der Waals surface area contributed by atoms with E-state index < -0.39 is 17.6 Å². The van der Waals surface area contributed by atoms with Gasteiger partial charge in [-0.15, -0.1) is 0 Å². The summed E-state index contributed by atoms with van der Waals surface area (Å²) < 4.78 is 28.4. The molecule has 142 valence electrons. The predicted molar refractivity (Wildman–Crippen MR) is 99.9 cm³/mol. The molecule has 1 aliphatic heterocycles. The Labute approximate surface area is 160 Å². The number of hydrogen-bond acceptors (Lipinski definition) is 2. The summed E-state index contributed by atoms with van der Waals surface area (Å²) in [5, 5.41) is 2.74. The summed E-state index contributed by atoms with van der Waals surface area (Å²) in [6, 6.07) is 15.7. The average Bonchev–Trinajstić information content (AvgIpc) is 3.27. The van der Waals surface area contributed by atoms with E-state index in [-0.39, 0.29) is 18.2 Å². The highest BCUT2D eigenvalue weighted by Crippen LogP contribution is 2.31. The lowest BCUT2D eigenvalue weighted by molar-refractivity contribution is -0.122. The average molecular weight is 380 g/mol. The van der Waals surface area contributed by atoms with Gasteiger partial charge in [-0.05, 0) is 36.2 Å². The number of carbonyl (C=O) groups is 2. The predicted octanol–water partition coefficient (Wildman–Crippen LogP) is 3.80. The van der Waals surface area contributed by atoms with Gasteiger partial charge in [-0.3, -0.25) is 9.59 Å². The Morgan fingerprint density at radius 1 is 1.00 bits per heavy atom. The van der Waals surface area contributed by atoms with Crippen molar-refractivity contribution < 1.29 is 18.4 Å². The lowest BCUT2D eigenvalue weighted by Crippen LogP contribution is -2.28. The van der Waals surface area contributed by atoms with Crippen molar-refractivity contribution in [3.8, 4) is 0 Å². The third-order valence-electron chi connectivity index (χ3n) is 4.99. The fourth-order valence-electron chi connectivity index (χ4n) is 3.67. The molecular formula is C22H18F2N2O2. The summed E-state index contributed by atoms with van der Waals surface area (Å²) in [6.45, 7) is 0.615. The van der Waals surface area contributed by atoms with E-state index in [1.807, 2.05) is 22.8 Å². The summed E-state index contributed by atoms with van der Waals surface area (Å²) in [7, 11) is 0. The van der Waals surface area contributed by atoms with E-state index in [1.54, 1.807) is 24.3 Å². The zero-order valence-corrected chi connectivity index (χ0v) is 15.0. The van der Waals surface area contributed by atoms with Crippen LogP contribution in [0.15, 0.2) is 60.7 Å². The zero-order valence-electron chi connectivity index (χ0n) is 15.0. The van der Waals surface area contributed by atoms with Gasteiger partial charge in [0, 0.05) is 30.4 Å². The fraction of sp³-hybridized carbons (Fsp3) is 0.182. The Kier molecular flexibility index (Phi) is 4.77. The zero-order chi connectivity index (χ0) is 19.7. The first-order valence-electron chi connectivity index (χ1n) is 9.05. The maximum Gasteiger partial charge on any atom is 0.229 e. The SMILES string of the molecule is O=C(c1ccccc1)c1ccc2n1CC[C@@H]2C(=O)NCc1cc(F)cc(F)c1. The van der Waals surface area contributed by atoms with Gasteiger partial charge in [0.1, 0.15) is 11.6 Å². The number of halogens is 2. The molecule has 0 fully saturated rings. The molecule has 1 amide bonds. The largest absolute Gasteiger partial charge is 0.351 e. The molecule has 3 aromatic rings. The molecule has 28 heavy (non-hydrogen) atoms. The summed E-state index contributed by atoms with van der Waals surface area (Å²) in [5.74, 6) is -2.05. The van der Waals surface area contributed by atoms with Gasteiger partial charge >= 0.3 is 0 Å². The summed E-state index contributed by atoms with van der Waals surface area (Å²) >= 11 is 0. The van der Waals surface area contributed by atoms with Gasteiger partial charge < -0.3 is 9.88 Å². The molecule has 1 atom stereocenters. The molecule has 0 aliphatic carbocycles. The van der Waals surface area contributed by atoms with E-state index in [4.69, 9.17) is 0 Å². The van der Waals surface area contributed by atoms with Gasteiger partial charge in [-0.2, -0.15) is 0 Å². The van der Waals surface area contributed by atoms with Crippen LogP contribution in [0.3, 0.4) is 0 Å². The first-order chi connectivity index (χ1) is 13.5. The van der Waals surface area contributed by atoms with E-state index in [2.05, 4.69) is 5.32 Å². The number of nitrogens with one attached hydrogen (secondary N) is 1. The van der Waals surface area contributed by atoms with E-state index in [0.29, 0.717) is 29.8 Å². The monoisotopic (exact) mass is 380 g/mol. The van der Waals surface area contributed by atoms with Crippen molar-refractivity contribution in [1.29, 1.82) is 0 Å². The van der Waals surface area contributed by atoms with E-state index in [9.17, 15) is 18.4 Å². The Morgan fingerprint density at radius 3 is 2.43 bits per heavy atom. The molecule has 4 rings (SSSR count). The van der Waals surface area contributed by atoms with Crippen LogP contribution in [0.1, 0.15) is 39.6 Å². The van der Waals surface area contributed by atoms with Gasteiger partial charge in [-0.1, -0.05) is 30.3 Å². The number of carbonyl (C=O) groups excluding carboxylic acids is 2. The maximum absolute atomic E-state index is 13.3. The van der Waals surface area contributed by atoms with Crippen LogP contribution in [0.4, 0.5) is 8.78 Å². The van der Waals surface area contributed by atoms with Crippen LogP contribution in [-0.4, -0.2) is 16.3 Å². The number of rotatable bonds is 5. The second-order valence-electron chi connectivity index (χ2n) is 6.83. The van der Waals surface area contributed by atoms with Crippen LogP contribution in [0.25, 0.3) is 0 Å². The molecule has 1 aliphatic rings.